The highest BCUT2D eigenvalue weighted by atomic mass is 32.2. The maximum Gasteiger partial charge on any atom is 0.305 e. The Labute approximate surface area is 113 Å². The van der Waals surface area contributed by atoms with Crippen molar-refractivity contribution in [3.05, 3.63) is 0 Å². The number of carboxylic acids is 1. The molecule has 2 unspecified atom stereocenters. The van der Waals surface area contributed by atoms with Crippen molar-refractivity contribution in [2.45, 2.75) is 50.8 Å². The molecule has 0 aliphatic carbocycles. The van der Waals surface area contributed by atoms with E-state index in [1.807, 2.05) is 0 Å². The normalized spacial score (nSPS) is 23.8. The van der Waals surface area contributed by atoms with Crippen LogP contribution in [-0.4, -0.2) is 42.4 Å². The summed E-state index contributed by atoms with van der Waals surface area (Å²) in [5.74, 6) is -1.59. The number of carbonyl (C=O) groups is 2. The van der Waals surface area contributed by atoms with Crippen molar-refractivity contribution in [2.75, 3.05) is 5.75 Å². The Kier molecular flexibility index (Phi) is 5.34. The summed E-state index contributed by atoms with van der Waals surface area (Å²) in [6, 6.07) is -0.540. The standard InChI is InChI=1S/C12H21NO5S/c1-8(2)9(7-11(14)15)13-12(16)10-5-3-4-6-19(10,17)18/h8-10H,3-7H2,1-2H3,(H,13,16)(H,14,15). The number of rotatable bonds is 5. The third kappa shape index (κ3) is 4.49. The van der Waals surface area contributed by atoms with Gasteiger partial charge in [-0.05, 0) is 18.8 Å². The van der Waals surface area contributed by atoms with Crippen molar-refractivity contribution in [2.24, 2.45) is 5.92 Å². The minimum absolute atomic E-state index is 0.0381. The van der Waals surface area contributed by atoms with Crippen LogP contribution in [0.2, 0.25) is 0 Å². The fourth-order valence-electron chi connectivity index (χ4n) is 2.17. The van der Waals surface area contributed by atoms with E-state index in [1.54, 1.807) is 13.8 Å². The summed E-state index contributed by atoms with van der Waals surface area (Å²) in [5.41, 5.74) is 0. The molecular weight excluding hydrogens is 270 g/mol. The molecule has 1 saturated heterocycles. The molecule has 110 valence electrons. The van der Waals surface area contributed by atoms with E-state index >= 15 is 0 Å². The molecule has 1 heterocycles. The molecule has 0 aromatic rings. The largest absolute Gasteiger partial charge is 0.481 e. The van der Waals surface area contributed by atoms with E-state index in [1.165, 1.54) is 0 Å². The highest BCUT2D eigenvalue weighted by Gasteiger charge is 2.36. The van der Waals surface area contributed by atoms with E-state index in [2.05, 4.69) is 5.32 Å². The fourth-order valence-corrected chi connectivity index (χ4v) is 3.98. The topological polar surface area (TPSA) is 101 Å². The van der Waals surface area contributed by atoms with Crippen LogP contribution in [0.5, 0.6) is 0 Å². The first-order valence-corrected chi connectivity index (χ1v) is 8.19. The minimum Gasteiger partial charge on any atom is -0.481 e. The van der Waals surface area contributed by atoms with Gasteiger partial charge in [-0.2, -0.15) is 0 Å². The molecule has 6 nitrogen and oxygen atoms in total. The molecular formula is C12H21NO5S. The van der Waals surface area contributed by atoms with Gasteiger partial charge in [0.1, 0.15) is 5.25 Å². The highest BCUT2D eigenvalue weighted by Crippen LogP contribution is 2.20. The number of nitrogens with one attached hydrogen (secondary N) is 1. The second kappa shape index (κ2) is 6.36. The van der Waals surface area contributed by atoms with Gasteiger partial charge in [-0.15, -0.1) is 0 Å². The minimum atomic E-state index is -3.38. The first kappa shape index (κ1) is 15.9. The zero-order valence-corrected chi connectivity index (χ0v) is 12.1. The van der Waals surface area contributed by atoms with Crippen LogP contribution >= 0.6 is 0 Å². The summed E-state index contributed by atoms with van der Waals surface area (Å²) in [6.45, 7) is 3.59. The van der Waals surface area contributed by atoms with Crippen molar-refractivity contribution in [3.8, 4) is 0 Å². The molecule has 1 amide bonds. The van der Waals surface area contributed by atoms with E-state index in [9.17, 15) is 18.0 Å². The van der Waals surface area contributed by atoms with Crippen LogP contribution in [0.3, 0.4) is 0 Å². The zero-order chi connectivity index (χ0) is 14.6. The Bertz CT molecular complexity index is 443. The Hall–Kier alpha value is -1.11. The molecule has 1 aliphatic heterocycles. The van der Waals surface area contributed by atoms with Gasteiger partial charge >= 0.3 is 5.97 Å². The molecule has 2 N–H and O–H groups in total. The van der Waals surface area contributed by atoms with Crippen molar-refractivity contribution in [3.63, 3.8) is 0 Å². The van der Waals surface area contributed by atoms with Gasteiger partial charge in [-0.1, -0.05) is 20.3 Å². The summed E-state index contributed by atoms with van der Waals surface area (Å²) >= 11 is 0. The van der Waals surface area contributed by atoms with Gasteiger partial charge in [0.05, 0.1) is 12.2 Å². The molecule has 2 atom stereocenters. The van der Waals surface area contributed by atoms with Crippen molar-refractivity contribution < 1.29 is 23.1 Å². The number of sulfone groups is 1. The number of carboxylic acid groups (broad SMARTS) is 1. The molecule has 0 aromatic carbocycles. The molecule has 0 bridgehead atoms. The first-order valence-electron chi connectivity index (χ1n) is 6.47. The lowest BCUT2D eigenvalue weighted by molar-refractivity contribution is -0.138. The molecule has 1 rings (SSSR count). The second-order valence-electron chi connectivity index (χ2n) is 5.31. The van der Waals surface area contributed by atoms with Crippen molar-refractivity contribution in [1.29, 1.82) is 0 Å². The third-order valence-corrected chi connectivity index (χ3v) is 5.57. The predicted octanol–water partition coefficient (Wildman–Crippen LogP) is 0.569. The number of aliphatic carboxylic acids is 1. The van der Waals surface area contributed by atoms with E-state index < -0.39 is 33.0 Å². The van der Waals surface area contributed by atoms with Crippen LogP contribution in [0.15, 0.2) is 0 Å². The number of hydrogen-bond donors (Lipinski definition) is 2. The molecule has 1 aliphatic rings. The summed E-state index contributed by atoms with van der Waals surface area (Å²) in [6.07, 6.45) is 1.43. The molecule has 7 heteroatoms. The second-order valence-corrected chi connectivity index (χ2v) is 7.61. The molecule has 19 heavy (non-hydrogen) atoms. The van der Waals surface area contributed by atoms with Crippen LogP contribution in [0.1, 0.15) is 39.5 Å². The van der Waals surface area contributed by atoms with Gasteiger partial charge in [-0.3, -0.25) is 9.59 Å². The summed E-state index contributed by atoms with van der Waals surface area (Å²) in [5, 5.41) is 10.3. The Balaban J connectivity index is 2.73. The van der Waals surface area contributed by atoms with Gasteiger partial charge in [0.15, 0.2) is 9.84 Å². The lowest BCUT2D eigenvalue weighted by Gasteiger charge is -2.26. The lowest BCUT2D eigenvalue weighted by Crippen LogP contribution is -2.48. The van der Waals surface area contributed by atoms with Crippen LogP contribution in [-0.2, 0) is 19.4 Å². The maximum atomic E-state index is 12.0. The summed E-state index contributed by atoms with van der Waals surface area (Å²) < 4.78 is 23.6. The van der Waals surface area contributed by atoms with Gasteiger partial charge in [0, 0.05) is 6.04 Å². The van der Waals surface area contributed by atoms with E-state index in [0.29, 0.717) is 19.3 Å². The lowest BCUT2D eigenvalue weighted by atomic mass is 10.0. The fraction of sp³-hybridized carbons (Fsp3) is 0.833. The van der Waals surface area contributed by atoms with Gasteiger partial charge < -0.3 is 10.4 Å². The predicted molar refractivity (Wildman–Crippen MR) is 70.4 cm³/mol. The molecule has 0 radical (unpaired) electrons. The monoisotopic (exact) mass is 291 g/mol. The van der Waals surface area contributed by atoms with Crippen LogP contribution < -0.4 is 5.32 Å². The summed E-state index contributed by atoms with van der Waals surface area (Å²) in [7, 11) is -3.38. The molecule has 0 saturated carbocycles. The smallest absolute Gasteiger partial charge is 0.305 e. The van der Waals surface area contributed by atoms with Gasteiger partial charge in [0.2, 0.25) is 5.91 Å². The summed E-state index contributed by atoms with van der Waals surface area (Å²) in [4.78, 5) is 22.8. The Morgan fingerprint density at radius 2 is 1.95 bits per heavy atom. The van der Waals surface area contributed by atoms with Crippen molar-refractivity contribution >= 4 is 21.7 Å². The Morgan fingerprint density at radius 3 is 2.42 bits per heavy atom. The number of carbonyl (C=O) groups excluding carboxylic acids is 1. The van der Waals surface area contributed by atoms with Gasteiger partial charge in [0.25, 0.3) is 0 Å². The molecule has 0 aromatic heterocycles. The maximum absolute atomic E-state index is 12.0. The van der Waals surface area contributed by atoms with E-state index in [4.69, 9.17) is 5.11 Å². The average Bonchev–Trinajstić information content (AvgIpc) is 2.26. The van der Waals surface area contributed by atoms with E-state index in [0.717, 1.165) is 0 Å². The van der Waals surface area contributed by atoms with Crippen molar-refractivity contribution in [1.82, 2.24) is 5.32 Å². The number of hydrogen-bond acceptors (Lipinski definition) is 4. The Morgan fingerprint density at radius 1 is 1.32 bits per heavy atom. The number of amides is 1. The van der Waals surface area contributed by atoms with Crippen LogP contribution in [0.4, 0.5) is 0 Å². The zero-order valence-electron chi connectivity index (χ0n) is 11.3. The van der Waals surface area contributed by atoms with Crippen LogP contribution in [0.25, 0.3) is 0 Å². The van der Waals surface area contributed by atoms with E-state index in [-0.39, 0.29) is 18.1 Å². The quantitative estimate of drug-likeness (QED) is 0.771. The third-order valence-electron chi connectivity index (χ3n) is 3.40. The SMILES string of the molecule is CC(C)C(CC(=O)O)NC(=O)C1CCCCS1(=O)=O. The molecule has 0 spiro atoms. The van der Waals surface area contributed by atoms with Gasteiger partial charge in [-0.25, -0.2) is 8.42 Å². The average molecular weight is 291 g/mol. The highest BCUT2D eigenvalue weighted by molar-refractivity contribution is 7.92. The van der Waals surface area contributed by atoms with Crippen LogP contribution in [0, 0.1) is 5.92 Å². The molecule has 1 fully saturated rings. The first-order chi connectivity index (χ1) is 8.74.